The number of oxime groups is 1. The number of furan rings is 1. The van der Waals surface area contributed by atoms with E-state index in [1.807, 2.05) is 0 Å². The zero-order chi connectivity index (χ0) is 18.0. The fourth-order valence-electron chi connectivity index (χ4n) is 5.80. The number of anilines is 1. The molecule has 140 valence electrons. The molecule has 5 heteroatoms. The molecule has 2 N–H and O–H groups in total. The Balaban J connectivity index is 1.32. The van der Waals surface area contributed by atoms with Gasteiger partial charge in [-0.2, -0.15) is 0 Å². The maximum atomic E-state index is 9.51. The molecule has 2 atom stereocenters. The topological polar surface area (TPSA) is 57.8 Å². The van der Waals surface area contributed by atoms with Crippen LogP contribution in [0.5, 0.6) is 0 Å². The molecule has 4 nitrogen and oxygen atoms in total. The average Bonchev–Trinajstić information content (AvgIpc) is 3.45. The third-order valence-corrected chi connectivity index (χ3v) is 7.75. The zero-order valence-electron chi connectivity index (χ0n) is 15.4. The van der Waals surface area contributed by atoms with Gasteiger partial charge in [0.2, 0.25) is 0 Å². The summed E-state index contributed by atoms with van der Waals surface area (Å²) in [6, 6.07) is 4.54. The van der Waals surface area contributed by atoms with Crippen molar-refractivity contribution in [1.82, 2.24) is 0 Å². The molecule has 27 heavy (non-hydrogen) atoms. The summed E-state index contributed by atoms with van der Waals surface area (Å²) in [6.07, 6.45) is 10.7. The minimum Gasteiger partial charge on any atom is -0.452 e. The van der Waals surface area contributed by atoms with Crippen molar-refractivity contribution in [2.45, 2.75) is 68.8 Å². The Bertz CT molecular complexity index is 929. The third-order valence-electron chi connectivity index (χ3n) is 7.04. The van der Waals surface area contributed by atoms with Crippen molar-refractivity contribution in [3.05, 3.63) is 45.7 Å². The van der Waals surface area contributed by atoms with Crippen LogP contribution in [-0.2, 0) is 25.7 Å². The number of hydrogen-bond acceptors (Lipinski definition) is 5. The lowest BCUT2D eigenvalue weighted by Gasteiger charge is -2.18. The quantitative estimate of drug-likeness (QED) is 0.422. The highest BCUT2D eigenvalue weighted by molar-refractivity contribution is 8.00. The lowest BCUT2D eigenvalue weighted by Crippen LogP contribution is -2.18. The maximum Gasteiger partial charge on any atom is 0.181 e. The molecule has 1 fully saturated rings. The average molecular weight is 381 g/mol. The van der Waals surface area contributed by atoms with E-state index in [0.717, 1.165) is 41.4 Å². The van der Waals surface area contributed by atoms with Gasteiger partial charge in [0.05, 0.1) is 11.4 Å². The first-order valence-corrected chi connectivity index (χ1v) is 11.1. The number of rotatable bonds is 3. The van der Waals surface area contributed by atoms with Crippen molar-refractivity contribution in [1.29, 1.82) is 0 Å². The fourth-order valence-corrected chi connectivity index (χ4v) is 6.56. The molecule has 2 bridgehead atoms. The Morgan fingerprint density at radius 1 is 1.00 bits per heavy atom. The summed E-state index contributed by atoms with van der Waals surface area (Å²) < 4.78 is 9.91. The summed E-state index contributed by atoms with van der Waals surface area (Å²) in [7, 11) is 0. The van der Waals surface area contributed by atoms with Gasteiger partial charge in [0.25, 0.3) is 0 Å². The molecule has 0 radical (unpaired) electrons. The smallest absolute Gasteiger partial charge is 0.181 e. The first-order valence-electron chi connectivity index (χ1n) is 10.3. The highest BCUT2D eigenvalue weighted by Crippen LogP contribution is 2.48. The van der Waals surface area contributed by atoms with Gasteiger partial charge in [-0.1, -0.05) is 11.2 Å². The van der Waals surface area contributed by atoms with Crippen LogP contribution in [0.4, 0.5) is 5.69 Å². The highest BCUT2D eigenvalue weighted by atomic mass is 32.2. The Hall–Kier alpha value is -1.88. The first kappa shape index (κ1) is 16.1. The monoisotopic (exact) mass is 380 g/mol. The van der Waals surface area contributed by atoms with Crippen molar-refractivity contribution in [3.8, 4) is 0 Å². The molecule has 2 unspecified atom stereocenters. The highest BCUT2D eigenvalue weighted by Gasteiger charge is 2.40. The second-order valence-electron chi connectivity index (χ2n) is 8.47. The summed E-state index contributed by atoms with van der Waals surface area (Å²) in [6.45, 7) is 0. The Labute approximate surface area is 163 Å². The van der Waals surface area contributed by atoms with Gasteiger partial charge in [0.1, 0.15) is 5.76 Å². The number of nitrogens with zero attached hydrogens (tertiary/aromatic N) is 1. The molecule has 1 heterocycles. The van der Waals surface area contributed by atoms with Gasteiger partial charge in [0, 0.05) is 35.4 Å². The molecule has 0 spiro atoms. The number of benzene rings is 1. The normalized spacial score (nSPS) is 26.3. The zero-order valence-corrected chi connectivity index (χ0v) is 16.2. The molecule has 4 aliphatic carbocycles. The van der Waals surface area contributed by atoms with Crippen LogP contribution in [-0.4, -0.2) is 10.9 Å². The first-order chi connectivity index (χ1) is 13.3. The van der Waals surface area contributed by atoms with Crippen LogP contribution in [0.15, 0.2) is 26.8 Å². The van der Waals surface area contributed by atoms with E-state index in [1.165, 1.54) is 55.3 Å². The lowest BCUT2D eigenvalue weighted by atomic mass is 9.86. The summed E-state index contributed by atoms with van der Waals surface area (Å²) in [5.74, 6) is 1.93. The van der Waals surface area contributed by atoms with Crippen LogP contribution in [0.2, 0.25) is 0 Å². The molecular weight excluding hydrogens is 356 g/mol. The second-order valence-corrected chi connectivity index (χ2v) is 9.28. The van der Waals surface area contributed by atoms with Gasteiger partial charge in [-0.3, -0.25) is 0 Å². The van der Waals surface area contributed by atoms with Gasteiger partial charge in [0.15, 0.2) is 5.09 Å². The van der Waals surface area contributed by atoms with Crippen LogP contribution in [0, 0.1) is 5.92 Å². The molecule has 0 saturated heterocycles. The minimum atomic E-state index is 0.400. The van der Waals surface area contributed by atoms with E-state index >= 15 is 0 Å². The summed E-state index contributed by atoms with van der Waals surface area (Å²) in [4.78, 5) is 0. The van der Waals surface area contributed by atoms with Crippen LogP contribution < -0.4 is 4.72 Å². The van der Waals surface area contributed by atoms with E-state index in [0.29, 0.717) is 11.8 Å². The summed E-state index contributed by atoms with van der Waals surface area (Å²) in [5.41, 5.74) is 9.36. The van der Waals surface area contributed by atoms with Crippen molar-refractivity contribution < 1.29 is 9.62 Å². The SMILES string of the molecule is O/N=C1\c2cc(SNc3c4c(cc5c3CCC5)CCC4)oc2C2CCC1C2. The fraction of sp³-hybridized carbons (Fsp3) is 0.500. The number of nitrogens with one attached hydrogen (secondary N) is 1. The Morgan fingerprint density at radius 3 is 2.48 bits per heavy atom. The summed E-state index contributed by atoms with van der Waals surface area (Å²) in [5, 5.41) is 14.0. The molecular formula is C22H24N2O2S. The lowest BCUT2D eigenvalue weighted by molar-refractivity contribution is 0.313. The van der Waals surface area contributed by atoms with Crippen LogP contribution >= 0.6 is 11.9 Å². The maximum absolute atomic E-state index is 9.51. The van der Waals surface area contributed by atoms with Crippen LogP contribution in [0.1, 0.15) is 71.6 Å². The molecule has 1 aromatic heterocycles. The second kappa shape index (κ2) is 6.06. The number of hydrogen-bond donors (Lipinski definition) is 2. The van der Waals surface area contributed by atoms with Gasteiger partial charge in [-0.25, -0.2) is 0 Å². The van der Waals surface area contributed by atoms with E-state index in [2.05, 4.69) is 22.0 Å². The predicted octanol–water partition coefficient (Wildman–Crippen LogP) is 5.45. The van der Waals surface area contributed by atoms with Gasteiger partial charge >= 0.3 is 0 Å². The number of fused-ring (bicyclic) bond motifs is 6. The van der Waals surface area contributed by atoms with Gasteiger partial charge < -0.3 is 14.3 Å². The van der Waals surface area contributed by atoms with E-state index in [-0.39, 0.29) is 0 Å². The molecule has 0 aliphatic heterocycles. The molecule has 4 aliphatic rings. The van der Waals surface area contributed by atoms with E-state index in [1.54, 1.807) is 23.1 Å². The van der Waals surface area contributed by atoms with Gasteiger partial charge in [-0.05, 0) is 80.0 Å². The third kappa shape index (κ3) is 2.40. The number of aryl methyl sites for hydroxylation is 2. The molecule has 1 aromatic carbocycles. The summed E-state index contributed by atoms with van der Waals surface area (Å²) >= 11 is 1.59. The van der Waals surface area contributed by atoms with E-state index < -0.39 is 0 Å². The van der Waals surface area contributed by atoms with Gasteiger partial charge in [-0.15, -0.1) is 0 Å². The minimum absolute atomic E-state index is 0.400. The standard InChI is InChI=1S/C22H24N2O2S/c25-23-20-14-7-8-15(10-14)22-18(20)11-19(26-22)27-24-21-16-5-1-3-12(16)9-13-4-2-6-17(13)21/h9,11,14-15,24-25H,1-8,10H2/b23-20-. The molecule has 1 saturated carbocycles. The predicted molar refractivity (Wildman–Crippen MR) is 107 cm³/mol. The van der Waals surface area contributed by atoms with Crippen molar-refractivity contribution >= 4 is 23.3 Å². The van der Waals surface area contributed by atoms with Crippen molar-refractivity contribution in [2.24, 2.45) is 11.1 Å². The van der Waals surface area contributed by atoms with E-state index in [9.17, 15) is 5.21 Å². The molecule has 6 rings (SSSR count). The molecule has 0 amide bonds. The largest absolute Gasteiger partial charge is 0.452 e. The molecule has 2 aromatic rings. The van der Waals surface area contributed by atoms with Crippen molar-refractivity contribution in [3.63, 3.8) is 0 Å². The van der Waals surface area contributed by atoms with E-state index in [4.69, 9.17) is 4.42 Å². The Morgan fingerprint density at radius 2 is 1.74 bits per heavy atom. The van der Waals surface area contributed by atoms with Crippen LogP contribution in [0.25, 0.3) is 0 Å². The van der Waals surface area contributed by atoms with Crippen LogP contribution in [0.3, 0.4) is 0 Å². The Kier molecular flexibility index (Phi) is 3.62. The van der Waals surface area contributed by atoms with Crippen molar-refractivity contribution in [2.75, 3.05) is 4.72 Å².